The van der Waals surface area contributed by atoms with Crippen molar-refractivity contribution in [2.24, 2.45) is 0 Å². The molecule has 1 aromatic carbocycles. The van der Waals surface area contributed by atoms with Crippen LogP contribution in [0.25, 0.3) is 32.2 Å². The first-order valence-electron chi connectivity index (χ1n) is 8.94. The van der Waals surface area contributed by atoms with E-state index in [2.05, 4.69) is 17.4 Å². The van der Waals surface area contributed by atoms with Crippen molar-refractivity contribution in [2.45, 2.75) is 0 Å². The number of nitrogens with one attached hydrogen (secondary N) is 1. The van der Waals surface area contributed by atoms with E-state index < -0.39 is 0 Å². The zero-order valence-corrected chi connectivity index (χ0v) is 17.3. The Bertz CT molecular complexity index is 1090. The van der Waals surface area contributed by atoms with E-state index in [1.54, 1.807) is 22.7 Å². The summed E-state index contributed by atoms with van der Waals surface area (Å²) in [5, 5.41) is 7.02. The first kappa shape index (κ1) is 18.7. The number of likely N-dealkylation sites (N-methyl/N-ethyl adjacent to an activating group) is 1. The van der Waals surface area contributed by atoms with Gasteiger partial charge in [0.2, 0.25) is 0 Å². The van der Waals surface area contributed by atoms with Crippen LogP contribution in [0.15, 0.2) is 53.2 Å². The van der Waals surface area contributed by atoms with Crippen molar-refractivity contribution < 1.29 is 4.79 Å². The minimum Gasteiger partial charge on any atom is -0.351 e. The monoisotopic (exact) mass is 408 g/mol. The quantitative estimate of drug-likeness (QED) is 0.514. The molecule has 1 amide bonds. The molecule has 0 aliphatic rings. The lowest BCUT2D eigenvalue weighted by atomic mass is 10.1. The zero-order valence-electron chi connectivity index (χ0n) is 15.7. The molecule has 0 radical (unpaired) electrons. The average molecular weight is 409 g/mol. The number of hydrogen-bond donors (Lipinski definition) is 1. The van der Waals surface area contributed by atoms with Gasteiger partial charge in [-0.25, -0.2) is 9.97 Å². The number of nitrogens with zero attached hydrogens (tertiary/aromatic N) is 3. The highest BCUT2D eigenvalue weighted by atomic mass is 32.1. The molecule has 3 aromatic heterocycles. The Hall–Kier alpha value is -2.61. The summed E-state index contributed by atoms with van der Waals surface area (Å²) in [5.74, 6) is -0.0921. The van der Waals surface area contributed by atoms with Crippen LogP contribution in [0.1, 0.15) is 10.4 Å². The molecule has 5 nitrogen and oxygen atoms in total. The molecule has 3 heterocycles. The van der Waals surface area contributed by atoms with E-state index in [0.29, 0.717) is 12.1 Å². The van der Waals surface area contributed by atoms with Gasteiger partial charge >= 0.3 is 0 Å². The summed E-state index contributed by atoms with van der Waals surface area (Å²) in [4.78, 5) is 26.4. The van der Waals surface area contributed by atoms with Crippen molar-refractivity contribution in [3.05, 3.63) is 58.8 Å². The van der Waals surface area contributed by atoms with Gasteiger partial charge in [-0.3, -0.25) is 4.79 Å². The molecule has 0 atom stereocenters. The number of rotatable bonds is 6. The molecule has 4 aromatic rings. The summed E-state index contributed by atoms with van der Waals surface area (Å²) in [6, 6.07) is 13.6. The number of carbonyl (C=O) groups is 1. The van der Waals surface area contributed by atoms with Crippen LogP contribution < -0.4 is 5.32 Å². The molecule has 7 heteroatoms. The lowest BCUT2D eigenvalue weighted by Crippen LogP contribution is -2.31. The van der Waals surface area contributed by atoms with Gasteiger partial charge in [0.15, 0.2) is 0 Å². The van der Waals surface area contributed by atoms with Gasteiger partial charge in [-0.15, -0.1) is 22.7 Å². The summed E-state index contributed by atoms with van der Waals surface area (Å²) in [5.41, 5.74) is 3.85. The number of hydrogen-bond acceptors (Lipinski definition) is 6. The van der Waals surface area contributed by atoms with Crippen molar-refractivity contribution in [3.8, 4) is 21.1 Å². The SMILES string of the molecule is CN(C)CCNC(=O)c1ccc2nc(-c3cccs3)c(-c3cccs3)nc2c1. The molecule has 0 saturated carbocycles. The third-order valence-electron chi connectivity index (χ3n) is 4.28. The van der Waals surface area contributed by atoms with Crippen LogP contribution >= 0.6 is 22.7 Å². The summed E-state index contributed by atoms with van der Waals surface area (Å²) in [7, 11) is 3.96. The number of amides is 1. The normalized spacial score (nSPS) is 11.2. The lowest BCUT2D eigenvalue weighted by Gasteiger charge is -2.11. The van der Waals surface area contributed by atoms with E-state index in [9.17, 15) is 4.79 Å². The Morgan fingerprint density at radius 1 is 0.964 bits per heavy atom. The summed E-state index contributed by atoms with van der Waals surface area (Å²) < 4.78 is 0. The Morgan fingerprint density at radius 3 is 2.18 bits per heavy atom. The molecule has 0 bridgehead atoms. The zero-order chi connectivity index (χ0) is 19.5. The number of thiophene rings is 2. The van der Waals surface area contributed by atoms with Crippen molar-refractivity contribution in [2.75, 3.05) is 27.2 Å². The van der Waals surface area contributed by atoms with Crippen LogP contribution in [-0.4, -0.2) is 48.0 Å². The predicted octanol–water partition coefficient (Wildman–Crippen LogP) is 4.38. The second-order valence-electron chi connectivity index (χ2n) is 6.64. The van der Waals surface area contributed by atoms with Gasteiger partial charge in [0, 0.05) is 18.7 Å². The first-order chi connectivity index (χ1) is 13.6. The van der Waals surface area contributed by atoms with Crippen LogP contribution in [-0.2, 0) is 0 Å². The Kier molecular flexibility index (Phi) is 5.47. The van der Waals surface area contributed by atoms with Gasteiger partial charge in [0.25, 0.3) is 5.91 Å². The predicted molar refractivity (Wildman–Crippen MR) is 117 cm³/mol. The first-order valence-corrected chi connectivity index (χ1v) is 10.7. The minimum atomic E-state index is -0.0921. The van der Waals surface area contributed by atoms with Crippen LogP contribution in [0.5, 0.6) is 0 Å². The van der Waals surface area contributed by atoms with Gasteiger partial charge in [-0.2, -0.15) is 0 Å². The molecule has 0 aliphatic carbocycles. The Labute approximate surface area is 171 Å². The van der Waals surface area contributed by atoms with Gasteiger partial charge in [-0.05, 0) is 55.2 Å². The fourth-order valence-electron chi connectivity index (χ4n) is 2.86. The lowest BCUT2D eigenvalue weighted by molar-refractivity contribution is 0.0951. The van der Waals surface area contributed by atoms with Gasteiger partial charge < -0.3 is 10.2 Å². The molecule has 0 unspecified atom stereocenters. The topological polar surface area (TPSA) is 58.1 Å². The van der Waals surface area contributed by atoms with Crippen LogP contribution in [0.2, 0.25) is 0 Å². The van der Waals surface area contributed by atoms with Crippen LogP contribution in [0, 0.1) is 0 Å². The molecule has 1 N–H and O–H groups in total. The minimum absolute atomic E-state index is 0.0921. The smallest absolute Gasteiger partial charge is 0.251 e. The highest BCUT2D eigenvalue weighted by molar-refractivity contribution is 7.14. The molecular formula is C21H20N4OS2. The maximum absolute atomic E-state index is 12.5. The molecule has 28 heavy (non-hydrogen) atoms. The second kappa shape index (κ2) is 8.18. The van der Waals surface area contributed by atoms with Crippen LogP contribution in [0.3, 0.4) is 0 Å². The third kappa shape index (κ3) is 3.96. The fourth-order valence-corrected chi connectivity index (χ4v) is 4.29. The maximum atomic E-state index is 12.5. The van der Waals surface area contributed by atoms with Gasteiger partial charge in [0.1, 0.15) is 11.4 Å². The van der Waals surface area contributed by atoms with Crippen molar-refractivity contribution in [3.63, 3.8) is 0 Å². The van der Waals surface area contributed by atoms with E-state index in [4.69, 9.17) is 9.97 Å². The summed E-state index contributed by atoms with van der Waals surface area (Å²) in [6.45, 7) is 1.40. The molecule has 0 spiro atoms. The Morgan fingerprint density at radius 2 is 1.61 bits per heavy atom. The van der Waals surface area contributed by atoms with E-state index in [-0.39, 0.29) is 5.91 Å². The van der Waals surface area contributed by atoms with E-state index in [1.807, 2.05) is 60.1 Å². The largest absolute Gasteiger partial charge is 0.351 e. The molecule has 4 rings (SSSR count). The molecular weight excluding hydrogens is 388 g/mol. The number of aromatic nitrogens is 2. The average Bonchev–Trinajstić information content (AvgIpc) is 3.40. The van der Waals surface area contributed by atoms with Crippen molar-refractivity contribution in [1.29, 1.82) is 0 Å². The molecule has 0 fully saturated rings. The Balaban J connectivity index is 1.73. The molecule has 0 saturated heterocycles. The highest BCUT2D eigenvalue weighted by Crippen LogP contribution is 2.35. The third-order valence-corrected chi connectivity index (χ3v) is 6.03. The molecule has 142 valence electrons. The maximum Gasteiger partial charge on any atom is 0.251 e. The van der Waals surface area contributed by atoms with Gasteiger partial charge in [-0.1, -0.05) is 12.1 Å². The van der Waals surface area contributed by atoms with Gasteiger partial charge in [0.05, 0.1) is 20.8 Å². The fraction of sp³-hybridized carbons (Fsp3) is 0.190. The van der Waals surface area contributed by atoms with Crippen LogP contribution in [0.4, 0.5) is 0 Å². The summed E-state index contributed by atoms with van der Waals surface area (Å²) in [6.07, 6.45) is 0. The second-order valence-corrected chi connectivity index (χ2v) is 8.53. The number of fused-ring (bicyclic) bond motifs is 1. The number of carbonyl (C=O) groups excluding carboxylic acids is 1. The highest BCUT2D eigenvalue weighted by Gasteiger charge is 2.16. The van der Waals surface area contributed by atoms with E-state index >= 15 is 0 Å². The van der Waals surface area contributed by atoms with Crippen molar-refractivity contribution in [1.82, 2.24) is 20.2 Å². The standard InChI is InChI=1S/C21H20N4OS2/c1-25(2)10-9-22-21(26)14-7-8-15-16(13-14)24-20(18-6-4-12-28-18)19(23-15)17-5-3-11-27-17/h3-8,11-13H,9-10H2,1-2H3,(H,22,26). The van der Waals surface area contributed by atoms with E-state index in [1.165, 1.54) is 0 Å². The van der Waals surface area contributed by atoms with E-state index in [0.717, 1.165) is 38.7 Å². The summed E-state index contributed by atoms with van der Waals surface area (Å²) >= 11 is 3.29. The number of benzene rings is 1. The van der Waals surface area contributed by atoms with Crippen molar-refractivity contribution >= 4 is 39.6 Å². The molecule has 0 aliphatic heterocycles.